The average Bonchev–Trinajstić information content (AvgIpc) is 3.23. The fraction of sp³-hybridized carbons (Fsp3) is 0.389. The van der Waals surface area contributed by atoms with Gasteiger partial charge in [0, 0.05) is 45.1 Å². The van der Waals surface area contributed by atoms with Crippen LogP contribution < -0.4 is 4.90 Å². The molecule has 0 bridgehead atoms. The second kappa shape index (κ2) is 6.68. The molecule has 0 radical (unpaired) electrons. The van der Waals surface area contributed by atoms with Gasteiger partial charge < -0.3 is 9.47 Å². The number of amides is 3. The zero-order chi connectivity index (χ0) is 17.2. The third kappa shape index (κ3) is 3.02. The summed E-state index contributed by atoms with van der Waals surface area (Å²) >= 11 is 0. The molecule has 1 unspecified atom stereocenters. The van der Waals surface area contributed by atoms with E-state index in [9.17, 15) is 9.59 Å². The van der Waals surface area contributed by atoms with Crippen LogP contribution in [-0.2, 0) is 11.3 Å². The quantitative estimate of drug-likeness (QED) is 0.773. The van der Waals surface area contributed by atoms with Crippen molar-refractivity contribution in [2.45, 2.75) is 19.0 Å². The molecule has 2 aliphatic rings. The highest BCUT2D eigenvalue weighted by atomic mass is 16.2. The Kier molecular flexibility index (Phi) is 4.23. The van der Waals surface area contributed by atoms with Gasteiger partial charge in [0.1, 0.15) is 6.04 Å². The van der Waals surface area contributed by atoms with Crippen molar-refractivity contribution in [1.82, 2.24) is 19.4 Å². The van der Waals surface area contributed by atoms with Gasteiger partial charge in [-0.3, -0.25) is 9.69 Å². The molecule has 0 aliphatic carbocycles. The minimum atomic E-state index is -0.366. The molecular weight excluding hydrogens is 318 g/mol. The van der Waals surface area contributed by atoms with E-state index in [4.69, 9.17) is 0 Å². The SMILES string of the molecule is O=C1C2CN(CCCn3ccnc3)CCN2C(=O)N1c1ccccc1. The Balaban J connectivity index is 1.39. The summed E-state index contributed by atoms with van der Waals surface area (Å²) in [6, 6.07) is 8.61. The number of carbonyl (C=O) groups is 2. The fourth-order valence-corrected chi connectivity index (χ4v) is 3.57. The van der Waals surface area contributed by atoms with Crippen LogP contribution in [0.3, 0.4) is 0 Å². The molecule has 0 N–H and O–H groups in total. The van der Waals surface area contributed by atoms with Gasteiger partial charge in [0.2, 0.25) is 0 Å². The molecule has 25 heavy (non-hydrogen) atoms. The summed E-state index contributed by atoms with van der Waals surface area (Å²) in [7, 11) is 0. The molecule has 1 atom stereocenters. The molecule has 3 heterocycles. The van der Waals surface area contributed by atoms with E-state index in [0.29, 0.717) is 18.8 Å². The number of aryl methyl sites for hydroxylation is 1. The van der Waals surface area contributed by atoms with Gasteiger partial charge in [-0.25, -0.2) is 14.7 Å². The van der Waals surface area contributed by atoms with E-state index >= 15 is 0 Å². The first-order valence-corrected chi connectivity index (χ1v) is 8.62. The lowest BCUT2D eigenvalue weighted by atomic mass is 10.1. The summed E-state index contributed by atoms with van der Waals surface area (Å²) in [5, 5.41) is 0. The Labute approximate surface area is 146 Å². The smallest absolute Gasteiger partial charge is 0.332 e. The van der Waals surface area contributed by atoms with Gasteiger partial charge in [0.05, 0.1) is 12.0 Å². The first-order valence-electron chi connectivity index (χ1n) is 8.62. The van der Waals surface area contributed by atoms with Crippen LogP contribution in [0.2, 0.25) is 0 Å². The number of fused-ring (bicyclic) bond motifs is 1. The standard InChI is InChI=1S/C18H21N5O2/c24-17-16-13-20(8-4-9-21-10-7-19-14-21)11-12-22(16)18(25)23(17)15-5-2-1-3-6-15/h1-3,5-7,10,14,16H,4,8-9,11-13H2. The number of imidazole rings is 1. The number of para-hydroxylation sites is 1. The number of carbonyl (C=O) groups excluding carboxylic acids is 2. The predicted molar refractivity (Wildman–Crippen MR) is 93.1 cm³/mol. The Morgan fingerprint density at radius 1 is 1.08 bits per heavy atom. The van der Waals surface area contributed by atoms with Crippen molar-refractivity contribution in [3.63, 3.8) is 0 Å². The van der Waals surface area contributed by atoms with Crippen molar-refractivity contribution in [3.8, 4) is 0 Å². The molecule has 2 aliphatic heterocycles. The molecular formula is C18H21N5O2. The van der Waals surface area contributed by atoms with Crippen LogP contribution >= 0.6 is 0 Å². The van der Waals surface area contributed by atoms with Crippen LogP contribution in [0.15, 0.2) is 49.1 Å². The molecule has 7 heteroatoms. The molecule has 2 fully saturated rings. The maximum Gasteiger partial charge on any atom is 0.332 e. The van der Waals surface area contributed by atoms with Crippen LogP contribution in [-0.4, -0.2) is 63.5 Å². The first kappa shape index (κ1) is 15.8. The average molecular weight is 339 g/mol. The fourth-order valence-electron chi connectivity index (χ4n) is 3.57. The van der Waals surface area contributed by atoms with Crippen LogP contribution in [0.5, 0.6) is 0 Å². The number of piperazine rings is 1. The molecule has 2 aromatic rings. The number of hydrogen-bond donors (Lipinski definition) is 0. The molecule has 4 rings (SSSR count). The van der Waals surface area contributed by atoms with Crippen molar-refractivity contribution in [3.05, 3.63) is 49.1 Å². The van der Waals surface area contributed by atoms with E-state index in [2.05, 4.69) is 14.5 Å². The zero-order valence-electron chi connectivity index (χ0n) is 14.0. The van der Waals surface area contributed by atoms with Crippen LogP contribution in [0.4, 0.5) is 10.5 Å². The molecule has 0 spiro atoms. The van der Waals surface area contributed by atoms with Gasteiger partial charge in [0.15, 0.2) is 0 Å². The van der Waals surface area contributed by atoms with E-state index in [1.54, 1.807) is 23.2 Å². The summed E-state index contributed by atoms with van der Waals surface area (Å²) in [6.45, 7) is 3.84. The second-order valence-corrected chi connectivity index (χ2v) is 6.46. The molecule has 1 aromatic heterocycles. The highest BCUT2D eigenvalue weighted by Crippen LogP contribution is 2.27. The Morgan fingerprint density at radius 2 is 1.92 bits per heavy atom. The first-order chi connectivity index (χ1) is 12.2. The van der Waals surface area contributed by atoms with E-state index < -0.39 is 0 Å². The van der Waals surface area contributed by atoms with Crippen molar-refractivity contribution < 1.29 is 9.59 Å². The van der Waals surface area contributed by atoms with Gasteiger partial charge in [-0.1, -0.05) is 18.2 Å². The largest absolute Gasteiger partial charge is 0.337 e. The number of rotatable bonds is 5. The van der Waals surface area contributed by atoms with Crippen molar-refractivity contribution >= 4 is 17.6 Å². The van der Waals surface area contributed by atoms with Gasteiger partial charge in [-0.2, -0.15) is 0 Å². The van der Waals surface area contributed by atoms with Crippen LogP contribution in [0, 0.1) is 0 Å². The Bertz CT molecular complexity index is 746. The van der Waals surface area contributed by atoms with Gasteiger partial charge in [-0.15, -0.1) is 0 Å². The third-order valence-corrected chi connectivity index (χ3v) is 4.87. The summed E-state index contributed by atoms with van der Waals surface area (Å²) in [5.41, 5.74) is 0.651. The minimum absolute atomic E-state index is 0.115. The third-order valence-electron chi connectivity index (χ3n) is 4.87. The number of nitrogens with zero attached hydrogens (tertiary/aromatic N) is 5. The lowest BCUT2D eigenvalue weighted by Gasteiger charge is -2.35. The Morgan fingerprint density at radius 3 is 2.68 bits per heavy atom. The van der Waals surface area contributed by atoms with Crippen LogP contribution in [0.1, 0.15) is 6.42 Å². The maximum atomic E-state index is 12.8. The Hall–Kier alpha value is -2.67. The zero-order valence-corrected chi connectivity index (χ0v) is 14.0. The molecule has 1 aromatic carbocycles. The summed E-state index contributed by atoms with van der Waals surface area (Å²) in [5.74, 6) is -0.115. The number of urea groups is 1. The lowest BCUT2D eigenvalue weighted by molar-refractivity contribution is -0.121. The van der Waals surface area contributed by atoms with E-state index in [-0.39, 0.29) is 18.0 Å². The highest BCUT2D eigenvalue weighted by molar-refractivity contribution is 6.21. The van der Waals surface area contributed by atoms with E-state index in [1.165, 1.54) is 4.90 Å². The summed E-state index contributed by atoms with van der Waals surface area (Å²) in [4.78, 5) is 34.8. The minimum Gasteiger partial charge on any atom is -0.337 e. The number of benzene rings is 1. The summed E-state index contributed by atoms with van der Waals surface area (Å²) in [6.07, 6.45) is 6.54. The predicted octanol–water partition coefficient (Wildman–Crippen LogP) is 1.43. The van der Waals surface area contributed by atoms with Crippen molar-refractivity contribution in [2.75, 3.05) is 31.1 Å². The van der Waals surface area contributed by atoms with Crippen molar-refractivity contribution in [1.29, 1.82) is 0 Å². The van der Waals surface area contributed by atoms with Crippen molar-refractivity contribution in [2.24, 2.45) is 0 Å². The number of anilines is 1. The normalized spacial score (nSPS) is 21.0. The van der Waals surface area contributed by atoms with Gasteiger partial charge in [0.25, 0.3) is 5.91 Å². The molecule has 2 saturated heterocycles. The van der Waals surface area contributed by atoms with Gasteiger partial charge in [-0.05, 0) is 18.6 Å². The number of aromatic nitrogens is 2. The molecule has 0 saturated carbocycles. The summed E-state index contributed by atoms with van der Waals surface area (Å²) < 4.78 is 2.05. The molecule has 7 nitrogen and oxygen atoms in total. The maximum absolute atomic E-state index is 12.8. The number of hydrogen-bond acceptors (Lipinski definition) is 4. The topological polar surface area (TPSA) is 61.7 Å². The highest BCUT2D eigenvalue weighted by Gasteiger charge is 2.48. The number of imide groups is 1. The van der Waals surface area contributed by atoms with E-state index in [0.717, 1.165) is 26.1 Å². The van der Waals surface area contributed by atoms with E-state index in [1.807, 2.05) is 30.7 Å². The monoisotopic (exact) mass is 339 g/mol. The lowest BCUT2D eigenvalue weighted by Crippen LogP contribution is -2.53. The molecule has 130 valence electrons. The second-order valence-electron chi connectivity index (χ2n) is 6.46. The van der Waals surface area contributed by atoms with Gasteiger partial charge >= 0.3 is 6.03 Å². The molecule has 3 amide bonds. The van der Waals surface area contributed by atoms with Crippen LogP contribution in [0.25, 0.3) is 0 Å².